The van der Waals surface area contributed by atoms with Crippen LogP contribution in [0.25, 0.3) is 0 Å². The second kappa shape index (κ2) is 6.50. The standard InChI is InChI=1S/C16H20O2/c1-13(17)11-14-7-9-16(10-8-14)18-12-15-5-3-2-4-6-15/h2-6,11,16H,7-10,12H2,1H3. The van der Waals surface area contributed by atoms with Gasteiger partial charge in [0.15, 0.2) is 5.78 Å². The molecule has 18 heavy (non-hydrogen) atoms. The molecule has 0 atom stereocenters. The van der Waals surface area contributed by atoms with Crippen molar-refractivity contribution in [2.24, 2.45) is 0 Å². The highest BCUT2D eigenvalue weighted by molar-refractivity contribution is 5.87. The minimum absolute atomic E-state index is 0.161. The van der Waals surface area contributed by atoms with Crippen LogP contribution < -0.4 is 0 Å². The zero-order valence-corrected chi connectivity index (χ0v) is 10.9. The van der Waals surface area contributed by atoms with Gasteiger partial charge in [-0.1, -0.05) is 35.9 Å². The molecule has 96 valence electrons. The fraction of sp³-hybridized carbons (Fsp3) is 0.438. The Morgan fingerprint density at radius 3 is 2.56 bits per heavy atom. The molecule has 1 fully saturated rings. The van der Waals surface area contributed by atoms with Crippen LogP contribution >= 0.6 is 0 Å². The summed E-state index contributed by atoms with van der Waals surface area (Å²) in [4.78, 5) is 11.0. The summed E-state index contributed by atoms with van der Waals surface area (Å²) in [5.41, 5.74) is 2.50. The monoisotopic (exact) mass is 244 g/mol. The maximum Gasteiger partial charge on any atom is 0.152 e. The van der Waals surface area contributed by atoms with Crippen molar-refractivity contribution in [3.63, 3.8) is 0 Å². The van der Waals surface area contributed by atoms with Crippen LogP contribution in [0.4, 0.5) is 0 Å². The average molecular weight is 244 g/mol. The van der Waals surface area contributed by atoms with Crippen LogP contribution in [0.3, 0.4) is 0 Å². The summed E-state index contributed by atoms with van der Waals surface area (Å²) >= 11 is 0. The Hall–Kier alpha value is -1.41. The second-order valence-corrected chi connectivity index (χ2v) is 4.91. The SMILES string of the molecule is CC(=O)C=C1CCC(OCc2ccccc2)CC1. The van der Waals surface area contributed by atoms with Gasteiger partial charge in [-0.3, -0.25) is 4.79 Å². The van der Waals surface area contributed by atoms with E-state index in [0.29, 0.717) is 12.7 Å². The number of hydrogen-bond acceptors (Lipinski definition) is 2. The van der Waals surface area contributed by atoms with Crippen molar-refractivity contribution in [3.8, 4) is 0 Å². The summed E-state index contributed by atoms with van der Waals surface area (Å²) in [5.74, 6) is 0.161. The first-order valence-electron chi connectivity index (χ1n) is 6.59. The number of benzene rings is 1. The van der Waals surface area contributed by atoms with Crippen molar-refractivity contribution < 1.29 is 9.53 Å². The first kappa shape index (κ1) is 13.0. The summed E-state index contributed by atoms with van der Waals surface area (Å²) < 4.78 is 5.91. The summed E-state index contributed by atoms with van der Waals surface area (Å²) in [6, 6.07) is 10.3. The van der Waals surface area contributed by atoms with Gasteiger partial charge < -0.3 is 4.74 Å². The van der Waals surface area contributed by atoms with E-state index in [4.69, 9.17) is 4.74 Å². The third-order valence-electron chi connectivity index (χ3n) is 3.31. The molecule has 0 aromatic heterocycles. The van der Waals surface area contributed by atoms with Crippen molar-refractivity contribution in [2.75, 3.05) is 0 Å². The third-order valence-corrected chi connectivity index (χ3v) is 3.31. The van der Waals surface area contributed by atoms with Crippen LogP contribution in [0.1, 0.15) is 38.2 Å². The fourth-order valence-corrected chi connectivity index (χ4v) is 2.35. The molecule has 2 rings (SSSR count). The topological polar surface area (TPSA) is 26.3 Å². The van der Waals surface area contributed by atoms with Gasteiger partial charge in [0.25, 0.3) is 0 Å². The lowest BCUT2D eigenvalue weighted by atomic mass is 9.92. The first-order chi connectivity index (χ1) is 8.74. The molecular formula is C16H20O2. The molecule has 0 heterocycles. The van der Waals surface area contributed by atoms with E-state index in [-0.39, 0.29) is 5.78 Å². The fourth-order valence-electron chi connectivity index (χ4n) is 2.35. The smallest absolute Gasteiger partial charge is 0.152 e. The van der Waals surface area contributed by atoms with Crippen molar-refractivity contribution in [3.05, 3.63) is 47.5 Å². The van der Waals surface area contributed by atoms with E-state index in [1.54, 1.807) is 13.0 Å². The largest absolute Gasteiger partial charge is 0.374 e. The lowest BCUT2D eigenvalue weighted by Gasteiger charge is -2.24. The molecule has 1 aliphatic rings. The first-order valence-corrected chi connectivity index (χ1v) is 6.59. The number of ketones is 1. The summed E-state index contributed by atoms with van der Waals surface area (Å²) in [7, 11) is 0. The molecule has 0 saturated heterocycles. The van der Waals surface area contributed by atoms with Gasteiger partial charge in [-0.05, 0) is 44.2 Å². The number of ether oxygens (including phenoxy) is 1. The Morgan fingerprint density at radius 2 is 1.94 bits per heavy atom. The van der Waals surface area contributed by atoms with Gasteiger partial charge in [0, 0.05) is 0 Å². The molecule has 0 spiro atoms. The molecule has 2 nitrogen and oxygen atoms in total. The van der Waals surface area contributed by atoms with Gasteiger partial charge in [-0.15, -0.1) is 0 Å². The van der Waals surface area contributed by atoms with Gasteiger partial charge in [0.05, 0.1) is 12.7 Å². The Morgan fingerprint density at radius 1 is 1.28 bits per heavy atom. The molecule has 0 unspecified atom stereocenters. The quantitative estimate of drug-likeness (QED) is 0.755. The van der Waals surface area contributed by atoms with Crippen molar-refractivity contribution in [1.82, 2.24) is 0 Å². The molecule has 1 aromatic rings. The zero-order valence-electron chi connectivity index (χ0n) is 10.9. The van der Waals surface area contributed by atoms with Crippen LogP contribution in [-0.2, 0) is 16.1 Å². The van der Waals surface area contributed by atoms with Gasteiger partial charge in [-0.2, -0.15) is 0 Å². The molecule has 0 N–H and O–H groups in total. The lowest BCUT2D eigenvalue weighted by Crippen LogP contribution is -2.17. The summed E-state index contributed by atoms with van der Waals surface area (Å²) in [6.07, 6.45) is 6.19. The van der Waals surface area contributed by atoms with Gasteiger partial charge in [-0.25, -0.2) is 0 Å². The van der Waals surface area contributed by atoms with Gasteiger partial charge >= 0.3 is 0 Å². The number of hydrogen-bond donors (Lipinski definition) is 0. The summed E-state index contributed by atoms with van der Waals surface area (Å²) in [5, 5.41) is 0. The highest BCUT2D eigenvalue weighted by atomic mass is 16.5. The van der Waals surface area contributed by atoms with Crippen molar-refractivity contribution in [1.29, 1.82) is 0 Å². The molecule has 2 heteroatoms. The zero-order chi connectivity index (χ0) is 12.8. The van der Waals surface area contributed by atoms with Crippen LogP contribution in [0, 0.1) is 0 Å². The van der Waals surface area contributed by atoms with E-state index < -0.39 is 0 Å². The maximum absolute atomic E-state index is 11.0. The number of carbonyl (C=O) groups is 1. The van der Waals surface area contributed by atoms with E-state index in [9.17, 15) is 4.79 Å². The van der Waals surface area contributed by atoms with E-state index in [2.05, 4.69) is 12.1 Å². The Balaban J connectivity index is 1.76. The second-order valence-electron chi connectivity index (χ2n) is 4.91. The molecule has 0 amide bonds. The van der Waals surface area contributed by atoms with Crippen molar-refractivity contribution >= 4 is 5.78 Å². The van der Waals surface area contributed by atoms with E-state index in [1.165, 1.54) is 11.1 Å². The third kappa shape index (κ3) is 4.11. The Labute approximate surface area is 109 Å². The lowest BCUT2D eigenvalue weighted by molar-refractivity contribution is -0.112. The van der Waals surface area contributed by atoms with Crippen molar-refractivity contribution in [2.45, 2.75) is 45.3 Å². The molecular weight excluding hydrogens is 224 g/mol. The van der Waals surface area contributed by atoms with E-state index in [0.717, 1.165) is 25.7 Å². The minimum Gasteiger partial charge on any atom is -0.374 e. The summed E-state index contributed by atoms with van der Waals surface area (Å²) in [6.45, 7) is 2.31. The van der Waals surface area contributed by atoms with Crippen LogP contribution in [0.2, 0.25) is 0 Å². The van der Waals surface area contributed by atoms with E-state index >= 15 is 0 Å². The number of carbonyl (C=O) groups excluding carboxylic acids is 1. The van der Waals surface area contributed by atoms with Crippen LogP contribution in [-0.4, -0.2) is 11.9 Å². The number of allylic oxidation sites excluding steroid dienone is 2. The van der Waals surface area contributed by atoms with Crippen LogP contribution in [0.15, 0.2) is 42.0 Å². The predicted octanol–water partition coefficient (Wildman–Crippen LogP) is 3.66. The predicted molar refractivity (Wildman–Crippen MR) is 72.3 cm³/mol. The maximum atomic E-state index is 11.0. The molecule has 0 bridgehead atoms. The molecule has 1 aromatic carbocycles. The molecule has 1 saturated carbocycles. The molecule has 0 radical (unpaired) electrons. The molecule has 0 aliphatic heterocycles. The van der Waals surface area contributed by atoms with Crippen LogP contribution in [0.5, 0.6) is 0 Å². The highest BCUT2D eigenvalue weighted by Crippen LogP contribution is 2.26. The Kier molecular flexibility index (Phi) is 4.71. The minimum atomic E-state index is 0.161. The van der Waals surface area contributed by atoms with Gasteiger partial charge in [0.2, 0.25) is 0 Å². The average Bonchev–Trinajstić information content (AvgIpc) is 2.38. The molecule has 1 aliphatic carbocycles. The van der Waals surface area contributed by atoms with E-state index in [1.807, 2.05) is 18.2 Å². The van der Waals surface area contributed by atoms with Gasteiger partial charge in [0.1, 0.15) is 0 Å². The normalized spacial score (nSPS) is 19.6. The highest BCUT2D eigenvalue weighted by Gasteiger charge is 2.17. The Bertz CT molecular complexity index is 410. The number of rotatable bonds is 4.